The number of urea groups is 1. The molecule has 0 atom stereocenters. The Morgan fingerprint density at radius 3 is 2.27 bits per heavy atom. The lowest BCUT2D eigenvalue weighted by Gasteiger charge is -2.36. The van der Waals surface area contributed by atoms with E-state index in [9.17, 15) is 9.59 Å². The minimum absolute atomic E-state index is 0.0188. The van der Waals surface area contributed by atoms with Crippen molar-refractivity contribution < 1.29 is 9.59 Å². The number of carbonyl (C=O) groups is 2. The fourth-order valence-electron chi connectivity index (χ4n) is 3.97. The Bertz CT molecular complexity index is 1110. The molecule has 170 valence electrons. The van der Waals surface area contributed by atoms with Crippen molar-refractivity contribution in [3.63, 3.8) is 0 Å². The summed E-state index contributed by atoms with van der Waals surface area (Å²) in [6, 6.07) is 16.3. The fourth-order valence-corrected chi connectivity index (χ4v) is 4.50. The van der Waals surface area contributed by atoms with Gasteiger partial charge in [0.25, 0.3) is 5.91 Å². The number of hydrogen-bond acceptors (Lipinski definition) is 3. The maximum Gasteiger partial charge on any atom is 0.321 e. The topological polar surface area (TPSA) is 65.5 Å². The van der Waals surface area contributed by atoms with Crippen molar-refractivity contribution in [2.45, 2.75) is 18.9 Å². The lowest BCUT2D eigenvalue weighted by molar-refractivity contribution is 0.0671. The quantitative estimate of drug-likeness (QED) is 0.508. The molecule has 1 aliphatic heterocycles. The van der Waals surface area contributed by atoms with Gasteiger partial charge in [0.2, 0.25) is 0 Å². The summed E-state index contributed by atoms with van der Waals surface area (Å²) in [4.78, 5) is 32.9. The molecule has 0 bridgehead atoms. The fraction of sp³-hybridized carbons (Fsp3) is 0.240. The minimum atomic E-state index is -0.175. The van der Waals surface area contributed by atoms with E-state index >= 15 is 0 Å². The van der Waals surface area contributed by atoms with Gasteiger partial charge in [-0.3, -0.25) is 9.78 Å². The van der Waals surface area contributed by atoms with Crippen LogP contribution in [0.1, 0.15) is 23.2 Å². The summed E-state index contributed by atoms with van der Waals surface area (Å²) in [6.07, 6.45) is 4.69. The van der Waals surface area contributed by atoms with Crippen LogP contribution in [0.15, 0.2) is 67.0 Å². The Balaban J connectivity index is 1.32. The van der Waals surface area contributed by atoms with Gasteiger partial charge in [-0.05, 0) is 66.4 Å². The molecule has 0 spiro atoms. The summed E-state index contributed by atoms with van der Waals surface area (Å²) in [7, 11) is 1.79. The van der Waals surface area contributed by atoms with Crippen molar-refractivity contribution in [2.75, 3.05) is 25.5 Å². The molecule has 6 nitrogen and oxygen atoms in total. The molecule has 1 aromatic heterocycles. The molecule has 0 radical (unpaired) electrons. The van der Waals surface area contributed by atoms with Crippen molar-refractivity contribution in [1.29, 1.82) is 0 Å². The zero-order valence-electron chi connectivity index (χ0n) is 18.2. The maximum absolute atomic E-state index is 12.8. The van der Waals surface area contributed by atoms with Gasteiger partial charge in [0.1, 0.15) is 0 Å². The summed E-state index contributed by atoms with van der Waals surface area (Å²) in [5, 5.41) is 4.09. The molecule has 1 saturated heterocycles. The number of nitrogens with one attached hydrogen (secondary N) is 1. The number of halogens is 2. The minimum Gasteiger partial charge on any atom is -0.338 e. The van der Waals surface area contributed by atoms with Gasteiger partial charge in [0.15, 0.2) is 0 Å². The Morgan fingerprint density at radius 1 is 1.00 bits per heavy atom. The van der Waals surface area contributed by atoms with Crippen LogP contribution < -0.4 is 5.32 Å². The van der Waals surface area contributed by atoms with E-state index in [-0.39, 0.29) is 18.0 Å². The third kappa shape index (κ3) is 5.64. The standard InChI is InChI=1S/C25H24Cl2N4O2/c1-30(23-8-11-31(12-9-23)24(32)18-3-2-10-28-16-18)25(33)29-22-6-4-17(5-7-22)19-13-20(26)15-21(27)14-19/h2-7,10,13-16,23H,8-9,11-12H2,1H3,(H,29,33). The van der Waals surface area contributed by atoms with Crippen LogP contribution in [0.2, 0.25) is 10.0 Å². The number of hydrogen-bond donors (Lipinski definition) is 1. The number of nitrogens with zero attached hydrogens (tertiary/aromatic N) is 3. The molecule has 3 amide bonds. The van der Waals surface area contributed by atoms with E-state index < -0.39 is 0 Å². The van der Waals surface area contributed by atoms with Crippen LogP contribution in [0.5, 0.6) is 0 Å². The highest BCUT2D eigenvalue weighted by atomic mass is 35.5. The normalized spacial score (nSPS) is 14.1. The molecule has 33 heavy (non-hydrogen) atoms. The second-order valence-electron chi connectivity index (χ2n) is 8.04. The molecule has 2 aromatic carbocycles. The Hall–Kier alpha value is -3.09. The van der Waals surface area contributed by atoms with Gasteiger partial charge in [0, 0.05) is 54.3 Å². The van der Waals surface area contributed by atoms with E-state index in [0.717, 1.165) is 24.0 Å². The summed E-state index contributed by atoms with van der Waals surface area (Å²) in [5.74, 6) is -0.0188. The first-order valence-corrected chi connectivity index (χ1v) is 11.5. The van der Waals surface area contributed by atoms with Gasteiger partial charge in [0.05, 0.1) is 5.56 Å². The molecule has 0 unspecified atom stereocenters. The Kier molecular flexibility index (Phi) is 7.16. The summed E-state index contributed by atoms with van der Waals surface area (Å²) in [5.41, 5.74) is 3.16. The lowest BCUT2D eigenvalue weighted by atomic mass is 10.0. The van der Waals surface area contributed by atoms with Crippen molar-refractivity contribution >= 4 is 40.8 Å². The van der Waals surface area contributed by atoms with E-state index in [2.05, 4.69) is 10.3 Å². The van der Waals surface area contributed by atoms with Gasteiger partial charge in [-0.1, -0.05) is 35.3 Å². The van der Waals surface area contributed by atoms with Crippen LogP contribution in [-0.2, 0) is 0 Å². The third-order valence-corrected chi connectivity index (χ3v) is 6.30. The van der Waals surface area contributed by atoms with E-state index in [1.807, 2.05) is 41.3 Å². The first-order chi connectivity index (χ1) is 15.9. The smallest absolute Gasteiger partial charge is 0.321 e. The second-order valence-corrected chi connectivity index (χ2v) is 8.91. The van der Waals surface area contributed by atoms with Crippen LogP contribution in [0.3, 0.4) is 0 Å². The van der Waals surface area contributed by atoms with Crippen LogP contribution in [0.4, 0.5) is 10.5 Å². The number of aromatic nitrogens is 1. The number of pyridine rings is 1. The average Bonchev–Trinajstić information content (AvgIpc) is 2.83. The third-order valence-electron chi connectivity index (χ3n) is 5.86. The van der Waals surface area contributed by atoms with Crippen LogP contribution >= 0.6 is 23.2 Å². The summed E-state index contributed by atoms with van der Waals surface area (Å²) >= 11 is 12.2. The van der Waals surface area contributed by atoms with Crippen LogP contribution in [0, 0.1) is 0 Å². The number of likely N-dealkylation sites (tertiary alicyclic amines) is 1. The molecule has 1 N–H and O–H groups in total. The van der Waals surface area contributed by atoms with Gasteiger partial charge in [-0.25, -0.2) is 4.79 Å². The van der Waals surface area contributed by atoms with E-state index in [0.29, 0.717) is 34.4 Å². The number of piperidine rings is 1. The highest BCUT2D eigenvalue weighted by molar-refractivity contribution is 6.35. The van der Waals surface area contributed by atoms with Crippen molar-refractivity contribution in [3.05, 3.63) is 82.6 Å². The lowest BCUT2D eigenvalue weighted by Crippen LogP contribution is -2.48. The van der Waals surface area contributed by atoms with E-state index in [1.54, 1.807) is 42.5 Å². The highest BCUT2D eigenvalue weighted by Gasteiger charge is 2.28. The molecular weight excluding hydrogens is 459 g/mol. The highest BCUT2D eigenvalue weighted by Crippen LogP contribution is 2.28. The van der Waals surface area contributed by atoms with E-state index in [4.69, 9.17) is 23.2 Å². The zero-order chi connectivity index (χ0) is 23.4. The number of carbonyl (C=O) groups excluding carboxylic acids is 2. The molecule has 8 heteroatoms. The predicted molar refractivity (Wildman–Crippen MR) is 132 cm³/mol. The average molecular weight is 483 g/mol. The SMILES string of the molecule is CN(C(=O)Nc1ccc(-c2cc(Cl)cc(Cl)c2)cc1)C1CCN(C(=O)c2cccnc2)CC1. The van der Waals surface area contributed by atoms with E-state index in [1.165, 1.54) is 0 Å². The van der Waals surface area contributed by atoms with Crippen molar-refractivity contribution in [1.82, 2.24) is 14.8 Å². The number of amides is 3. The van der Waals surface area contributed by atoms with Crippen LogP contribution in [-0.4, -0.2) is 52.9 Å². The molecule has 0 aliphatic carbocycles. The molecule has 1 aliphatic rings. The second kappa shape index (κ2) is 10.2. The zero-order valence-corrected chi connectivity index (χ0v) is 19.7. The van der Waals surface area contributed by atoms with Crippen molar-refractivity contribution in [3.8, 4) is 11.1 Å². The first-order valence-electron chi connectivity index (χ1n) is 10.7. The predicted octanol–water partition coefficient (Wildman–Crippen LogP) is 5.82. The molecule has 3 aromatic rings. The Labute approximate surface area is 203 Å². The summed E-state index contributed by atoms with van der Waals surface area (Å²) < 4.78 is 0. The molecular formula is C25H24Cl2N4O2. The van der Waals surface area contributed by atoms with Crippen LogP contribution in [0.25, 0.3) is 11.1 Å². The van der Waals surface area contributed by atoms with Gasteiger partial charge < -0.3 is 15.1 Å². The Morgan fingerprint density at radius 2 is 1.67 bits per heavy atom. The molecule has 4 rings (SSSR count). The molecule has 1 fully saturated rings. The number of anilines is 1. The van der Waals surface area contributed by atoms with Gasteiger partial charge in [-0.15, -0.1) is 0 Å². The number of benzene rings is 2. The monoisotopic (exact) mass is 482 g/mol. The maximum atomic E-state index is 12.8. The number of rotatable bonds is 4. The van der Waals surface area contributed by atoms with Crippen molar-refractivity contribution in [2.24, 2.45) is 0 Å². The largest absolute Gasteiger partial charge is 0.338 e. The van der Waals surface area contributed by atoms with Gasteiger partial charge >= 0.3 is 6.03 Å². The molecule has 0 saturated carbocycles. The van der Waals surface area contributed by atoms with Gasteiger partial charge in [-0.2, -0.15) is 0 Å². The molecule has 2 heterocycles. The summed E-state index contributed by atoms with van der Waals surface area (Å²) in [6.45, 7) is 1.21. The first kappa shape index (κ1) is 23.1.